The molecule has 0 bridgehead atoms. The van der Waals surface area contributed by atoms with E-state index in [9.17, 15) is 18.0 Å². The van der Waals surface area contributed by atoms with E-state index in [1.807, 2.05) is 6.92 Å². The molecule has 0 aromatic heterocycles. The number of alkyl halides is 3. The van der Waals surface area contributed by atoms with Crippen molar-refractivity contribution in [2.45, 2.75) is 25.7 Å². The summed E-state index contributed by atoms with van der Waals surface area (Å²) in [5.41, 5.74) is 0.867. The van der Waals surface area contributed by atoms with E-state index in [-0.39, 0.29) is 11.9 Å². The van der Waals surface area contributed by atoms with Gasteiger partial charge in [0.05, 0.1) is 11.6 Å². The van der Waals surface area contributed by atoms with Crippen molar-refractivity contribution < 1.29 is 27.4 Å². The number of ether oxygens (including phenoxy) is 2. The standard InChI is InChI=1S/C23H26F3N3O3/c1-16(22(30)27-19-6-7-20-21(14-19)32-13-12-31-20)29-10-8-28(9-11-29)15-17-2-4-18(5-3-17)23(24,25)26/h2-7,14,16H,8-13,15H2,1H3,(H,27,30). The second kappa shape index (κ2) is 9.38. The largest absolute Gasteiger partial charge is 0.486 e. The molecule has 0 saturated carbocycles. The maximum absolute atomic E-state index is 12.7. The van der Waals surface area contributed by atoms with Gasteiger partial charge in [-0.05, 0) is 36.8 Å². The maximum atomic E-state index is 12.7. The van der Waals surface area contributed by atoms with E-state index in [0.717, 1.165) is 30.8 Å². The molecule has 2 aromatic carbocycles. The third kappa shape index (κ3) is 5.34. The highest BCUT2D eigenvalue weighted by Gasteiger charge is 2.30. The molecule has 2 aliphatic heterocycles. The number of nitrogens with one attached hydrogen (secondary N) is 1. The predicted octanol–water partition coefficient (Wildman–Crippen LogP) is 3.62. The van der Waals surface area contributed by atoms with Crippen LogP contribution >= 0.6 is 0 Å². The van der Waals surface area contributed by atoms with Crippen LogP contribution in [0.25, 0.3) is 0 Å². The topological polar surface area (TPSA) is 54.0 Å². The molecule has 1 unspecified atom stereocenters. The number of carbonyl (C=O) groups excluding carboxylic acids is 1. The van der Waals surface area contributed by atoms with Gasteiger partial charge in [0.2, 0.25) is 5.91 Å². The Morgan fingerprint density at radius 2 is 1.66 bits per heavy atom. The van der Waals surface area contributed by atoms with Gasteiger partial charge in [-0.2, -0.15) is 13.2 Å². The van der Waals surface area contributed by atoms with Gasteiger partial charge in [0.1, 0.15) is 13.2 Å². The van der Waals surface area contributed by atoms with Crippen molar-refractivity contribution in [1.29, 1.82) is 0 Å². The normalized spacial score (nSPS) is 18.2. The summed E-state index contributed by atoms with van der Waals surface area (Å²) in [7, 11) is 0. The van der Waals surface area contributed by atoms with Gasteiger partial charge in [0, 0.05) is 44.5 Å². The summed E-state index contributed by atoms with van der Waals surface area (Å²) in [6.07, 6.45) is -4.32. The van der Waals surface area contributed by atoms with Crippen LogP contribution in [-0.2, 0) is 17.5 Å². The number of amides is 1. The van der Waals surface area contributed by atoms with E-state index < -0.39 is 11.7 Å². The van der Waals surface area contributed by atoms with Crippen LogP contribution in [0.15, 0.2) is 42.5 Å². The van der Waals surface area contributed by atoms with Crippen molar-refractivity contribution >= 4 is 11.6 Å². The Balaban J connectivity index is 1.26. The molecule has 1 atom stereocenters. The number of halogens is 3. The molecule has 32 heavy (non-hydrogen) atoms. The summed E-state index contributed by atoms with van der Waals surface area (Å²) < 4.78 is 49.2. The molecular formula is C23H26F3N3O3. The molecule has 1 amide bonds. The summed E-state index contributed by atoms with van der Waals surface area (Å²) in [4.78, 5) is 17.0. The fourth-order valence-electron chi connectivity index (χ4n) is 3.90. The van der Waals surface area contributed by atoms with Crippen LogP contribution in [0, 0.1) is 0 Å². The Morgan fingerprint density at radius 3 is 2.31 bits per heavy atom. The van der Waals surface area contributed by atoms with E-state index in [1.165, 1.54) is 12.1 Å². The number of anilines is 1. The van der Waals surface area contributed by atoms with Gasteiger partial charge in [-0.3, -0.25) is 14.6 Å². The van der Waals surface area contributed by atoms with E-state index in [1.54, 1.807) is 18.2 Å². The summed E-state index contributed by atoms with van der Waals surface area (Å²) in [5.74, 6) is 1.20. The number of piperazine rings is 1. The fraction of sp³-hybridized carbons (Fsp3) is 0.435. The third-order valence-electron chi connectivity index (χ3n) is 5.83. The molecular weight excluding hydrogens is 423 g/mol. The van der Waals surface area contributed by atoms with Crippen LogP contribution in [0.1, 0.15) is 18.1 Å². The predicted molar refractivity (Wildman–Crippen MR) is 114 cm³/mol. The number of nitrogens with zero attached hydrogens (tertiary/aromatic N) is 2. The first kappa shape index (κ1) is 22.4. The van der Waals surface area contributed by atoms with Crippen molar-refractivity contribution in [3.05, 3.63) is 53.6 Å². The van der Waals surface area contributed by atoms with Crippen molar-refractivity contribution in [3.63, 3.8) is 0 Å². The molecule has 1 N–H and O–H groups in total. The van der Waals surface area contributed by atoms with Crippen LogP contribution in [0.4, 0.5) is 18.9 Å². The Bertz CT molecular complexity index is 942. The van der Waals surface area contributed by atoms with Crippen LogP contribution < -0.4 is 14.8 Å². The number of hydrogen-bond donors (Lipinski definition) is 1. The highest BCUT2D eigenvalue weighted by molar-refractivity contribution is 5.94. The molecule has 2 aromatic rings. The average molecular weight is 449 g/mol. The minimum absolute atomic E-state index is 0.0992. The first-order valence-electron chi connectivity index (χ1n) is 10.6. The van der Waals surface area contributed by atoms with Gasteiger partial charge in [-0.15, -0.1) is 0 Å². The van der Waals surface area contributed by atoms with Crippen LogP contribution in [0.2, 0.25) is 0 Å². The van der Waals surface area contributed by atoms with Crippen molar-refractivity contribution in [3.8, 4) is 11.5 Å². The number of hydrogen-bond acceptors (Lipinski definition) is 5. The highest BCUT2D eigenvalue weighted by Crippen LogP contribution is 2.33. The minimum atomic E-state index is -4.32. The minimum Gasteiger partial charge on any atom is -0.486 e. The molecule has 1 saturated heterocycles. The molecule has 1 fully saturated rings. The SMILES string of the molecule is CC(C(=O)Nc1ccc2c(c1)OCCO2)N1CCN(Cc2ccc(C(F)(F)F)cc2)CC1. The lowest BCUT2D eigenvalue weighted by Gasteiger charge is -2.37. The Morgan fingerprint density at radius 1 is 1.00 bits per heavy atom. The summed E-state index contributed by atoms with van der Waals surface area (Å²) in [5, 5.41) is 2.94. The number of benzene rings is 2. The molecule has 2 aliphatic rings. The average Bonchev–Trinajstić information content (AvgIpc) is 2.79. The van der Waals surface area contributed by atoms with E-state index in [0.29, 0.717) is 50.0 Å². The van der Waals surface area contributed by atoms with Gasteiger partial charge in [-0.1, -0.05) is 12.1 Å². The lowest BCUT2D eigenvalue weighted by molar-refractivity contribution is -0.137. The van der Waals surface area contributed by atoms with E-state index in [4.69, 9.17) is 9.47 Å². The second-order valence-corrected chi connectivity index (χ2v) is 8.03. The van der Waals surface area contributed by atoms with Crippen LogP contribution in [0.5, 0.6) is 11.5 Å². The zero-order valence-corrected chi connectivity index (χ0v) is 17.8. The van der Waals surface area contributed by atoms with Gasteiger partial charge >= 0.3 is 6.18 Å². The fourth-order valence-corrected chi connectivity index (χ4v) is 3.90. The lowest BCUT2D eigenvalue weighted by Crippen LogP contribution is -2.52. The molecule has 2 heterocycles. The third-order valence-corrected chi connectivity index (χ3v) is 5.83. The Kier molecular flexibility index (Phi) is 6.57. The van der Waals surface area contributed by atoms with Crippen LogP contribution in [0.3, 0.4) is 0 Å². The number of carbonyl (C=O) groups is 1. The van der Waals surface area contributed by atoms with E-state index in [2.05, 4.69) is 15.1 Å². The summed E-state index contributed by atoms with van der Waals surface area (Å²) >= 11 is 0. The monoisotopic (exact) mass is 449 g/mol. The quantitative estimate of drug-likeness (QED) is 0.756. The van der Waals surface area contributed by atoms with Gasteiger partial charge in [-0.25, -0.2) is 0 Å². The smallest absolute Gasteiger partial charge is 0.416 e. The molecule has 0 radical (unpaired) electrons. The summed E-state index contributed by atoms with van der Waals surface area (Å²) in [6, 6.07) is 10.3. The molecule has 0 spiro atoms. The number of rotatable bonds is 5. The van der Waals surface area contributed by atoms with Crippen molar-refractivity contribution in [2.75, 3.05) is 44.7 Å². The van der Waals surface area contributed by atoms with Gasteiger partial charge < -0.3 is 14.8 Å². The number of fused-ring (bicyclic) bond motifs is 1. The zero-order chi connectivity index (χ0) is 22.7. The molecule has 9 heteroatoms. The molecule has 4 rings (SSSR count). The second-order valence-electron chi connectivity index (χ2n) is 8.03. The first-order chi connectivity index (χ1) is 15.3. The van der Waals surface area contributed by atoms with Gasteiger partial charge in [0.25, 0.3) is 0 Å². The molecule has 0 aliphatic carbocycles. The zero-order valence-electron chi connectivity index (χ0n) is 17.8. The van der Waals surface area contributed by atoms with Gasteiger partial charge in [0.15, 0.2) is 11.5 Å². The maximum Gasteiger partial charge on any atom is 0.416 e. The lowest BCUT2D eigenvalue weighted by atomic mass is 10.1. The Labute approximate surface area is 184 Å². The molecule has 172 valence electrons. The first-order valence-corrected chi connectivity index (χ1v) is 10.6. The summed E-state index contributed by atoms with van der Waals surface area (Å²) in [6.45, 7) is 6.35. The van der Waals surface area contributed by atoms with E-state index >= 15 is 0 Å². The van der Waals surface area contributed by atoms with Crippen molar-refractivity contribution in [1.82, 2.24) is 9.80 Å². The Hall–Kier alpha value is -2.78. The van der Waals surface area contributed by atoms with Crippen LogP contribution in [-0.4, -0.2) is 61.1 Å². The highest BCUT2D eigenvalue weighted by atomic mass is 19.4. The van der Waals surface area contributed by atoms with Crippen molar-refractivity contribution in [2.24, 2.45) is 0 Å². The molecule has 6 nitrogen and oxygen atoms in total.